The van der Waals surface area contributed by atoms with Crippen molar-refractivity contribution in [3.8, 4) is 0 Å². The molecule has 4 nitrogen and oxygen atoms in total. The molecule has 0 bridgehead atoms. The number of aromatic nitrogens is 1. The quantitative estimate of drug-likeness (QED) is 0.697. The SMILES string of the molecule is Cc1ccc(F)cc1C(=O)c1ccnc(N)c1C(=O)Cl. The lowest BCUT2D eigenvalue weighted by Gasteiger charge is -2.09. The summed E-state index contributed by atoms with van der Waals surface area (Å²) in [6, 6.07) is 5.17. The minimum atomic E-state index is -0.881. The Hall–Kier alpha value is -2.27. The van der Waals surface area contributed by atoms with Crippen molar-refractivity contribution in [1.29, 1.82) is 0 Å². The highest BCUT2D eigenvalue weighted by atomic mass is 35.5. The number of hydrogen-bond donors (Lipinski definition) is 1. The second-order valence-electron chi connectivity index (χ2n) is 4.18. The van der Waals surface area contributed by atoms with Crippen LogP contribution < -0.4 is 5.73 Å². The van der Waals surface area contributed by atoms with Crippen LogP contribution in [-0.4, -0.2) is 16.0 Å². The number of hydrogen-bond acceptors (Lipinski definition) is 4. The van der Waals surface area contributed by atoms with E-state index in [0.29, 0.717) is 5.56 Å². The highest BCUT2D eigenvalue weighted by molar-refractivity contribution is 6.68. The summed E-state index contributed by atoms with van der Waals surface area (Å²) in [5.74, 6) is -1.20. The minimum Gasteiger partial charge on any atom is -0.383 e. The van der Waals surface area contributed by atoms with Gasteiger partial charge in [0.25, 0.3) is 5.24 Å². The van der Waals surface area contributed by atoms with Gasteiger partial charge in [-0.3, -0.25) is 9.59 Å². The number of nitrogen functional groups attached to an aromatic ring is 1. The normalized spacial score (nSPS) is 10.3. The lowest BCUT2D eigenvalue weighted by atomic mass is 9.96. The van der Waals surface area contributed by atoms with Gasteiger partial charge in [-0.25, -0.2) is 9.37 Å². The molecule has 20 heavy (non-hydrogen) atoms. The molecule has 0 aliphatic carbocycles. The molecule has 102 valence electrons. The fourth-order valence-electron chi connectivity index (χ4n) is 1.86. The average Bonchev–Trinajstić information content (AvgIpc) is 2.40. The molecule has 0 unspecified atom stereocenters. The maximum atomic E-state index is 13.3. The fraction of sp³-hybridized carbons (Fsp3) is 0.0714. The molecule has 0 saturated heterocycles. The Kier molecular flexibility index (Phi) is 3.81. The maximum Gasteiger partial charge on any atom is 0.256 e. The van der Waals surface area contributed by atoms with E-state index in [0.717, 1.165) is 6.07 Å². The average molecular weight is 293 g/mol. The lowest BCUT2D eigenvalue weighted by Crippen LogP contribution is -2.12. The van der Waals surface area contributed by atoms with Crippen molar-refractivity contribution in [2.75, 3.05) is 5.73 Å². The number of nitrogens with two attached hydrogens (primary N) is 1. The molecule has 0 saturated carbocycles. The van der Waals surface area contributed by atoms with Crippen LogP contribution in [0.15, 0.2) is 30.5 Å². The molecule has 0 aliphatic rings. The van der Waals surface area contributed by atoms with E-state index in [2.05, 4.69) is 4.98 Å². The largest absolute Gasteiger partial charge is 0.383 e. The second-order valence-corrected chi connectivity index (χ2v) is 4.52. The van der Waals surface area contributed by atoms with Crippen molar-refractivity contribution in [3.05, 3.63) is 58.5 Å². The van der Waals surface area contributed by atoms with Crippen molar-refractivity contribution in [2.45, 2.75) is 6.92 Å². The number of aryl methyl sites for hydroxylation is 1. The summed E-state index contributed by atoms with van der Waals surface area (Å²) < 4.78 is 13.3. The molecule has 0 amide bonds. The van der Waals surface area contributed by atoms with E-state index in [-0.39, 0.29) is 22.5 Å². The van der Waals surface area contributed by atoms with E-state index in [1.807, 2.05) is 0 Å². The fourth-order valence-corrected chi connectivity index (χ4v) is 2.06. The van der Waals surface area contributed by atoms with Gasteiger partial charge in [0.2, 0.25) is 0 Å². The molecular formula is C14H10ClFN2O2. The van der Waals surface area contributed by atoms with Crippen LogP contribution in [0.2, 0.25) is 0 Å². The summed E-state index contributed by atoms with van der Waals surface area (Å²) in [4.78, 5) is 27.6. The van der Waals surface area contributed by atoms with E-state index >= 15 is 0 Å². The monoisotopic (exact) mass is 292 g/mol. The molecule has 1 aromatic carbocycles. The van der Waals surface area contributed by atoms with Gasteiger partial charge >= 0.3 is 0 Å². The van der Waals surface area contributed by atoms with Crippen LogP contribution in [0, 0.1) is 12.7 Å². The smallest absolute Gasteiger partial charge is 0.256 e. The molecule has 1 heterocycles. The van der Waals surface area contributed by atoms with Crippen molar-refractivity contribution >= 4 is 28.4 Å². The van der Waals surface area contributed by atoms with Gasteiger partial charge in [0.15, 0.2) is 5.78 Å². The summed E-state index contributed by atoms with van der Waals surface area (Å²) in [6.45, 7) is 1.67. The van der Waals surface area contributed by atoms with Crippen LogP contribution in [0.5, 0.6) is 0 Å². The van der Waals surface area contributed by atoms with Gasteiger partial charge in [0.05, 0.1) is 5.56 Å². The number of pyridine rings is 1. The van der Waals surface area contributed by atoms with E-state index in [1.165, 1.54) is 24.4 Å². The van der Waals surface area contributed by atoms with Gasteiger partial charge in [0, 0.05) is 17.3 Å². The van der Waals surface area contributed by atoms with Crippen molar-refractivity contribution in [3.63, 3.8) is 0 Å². The topological polar surface area (TPSA) is 73.1 Å². The Morgan fingerprint density at radius 2 is 1.95 bits per heavy atom. The number of halogens is 2. The maximum absolute atomic E-state index is 13.3. The Morgan fingerprint density at radius 1 is 1.25 bits per heavy atom. The zero-order valence-corrected chi connectivity index (χ0v) is 11.2. The molecule has 0 atom stereocenters. The molecule has 0 radical (unpaired) electrons. The van der Waals surface area contributed by atoms with Crippen molar-refractivity contribution in [2.24, 2.45) is 0 Å². The molecule has 0 fully saturated rings. The van der Waals surface area contributed by atoms with Crippen LogP contribution in [0.25, 0.3) is 0 Å². The summed E-state index contributed by atoms with van der Waals surface area (Å²) in [5, 5.41) is -0.881. The number of nitrogens with zero attached hydrogens (tertiary/aromatic N) is 1. The molecule has 1 aromatic heterocycles. The van der Waals surface area contributed by atoms with Gasteiger partial charge < -0.3 is 5.73 Å². The summed E-state index contributed by atoms with van der Waals surface area (Å²) >= 11 is 5.43. The summed E-state index contributed by atoms with van der Waals surface area (Å²) in [6.07, 6.45) is 1.29. The number of anilines is 1. The number of ketones is 1. The van der Waals surface area contributed by atoms with Crippen LogP contribution in [0.3, 0.4) is 0 Å². The molecule has 0 aliphatic heterocycles. The zero-order valence-electron chi connectivity index (χ0n) is 10.5. The molecule has 2 rings (SSSR count). The summed E-state index contributed by atoms with van der Waals surface area (Å²) in [7, 11) is 0. The molecular weight excluding hydrogens is 283 g/mol. The molecule has 0 spiro atoms. The van der Waals surface area contributed by atoms with Crippen molar-refractivity contribution < 1.29 is 14.0 Å². The van der Waals surface area contributed by atoms with Gasteiger partial charge in [-0.2, -0.15) is 0 Å². The van der Waals surface area contributed by atoms with Gasteiger partial charge in [0.1, 0.15) is 11.6 Å². The zero-order chi connectivity index (χ0) is 14.9. The lowest BCUT2D eigenvalue weighted by molar-refractivity contribution is 0.102. The molecule has 6 heteroatoms. The van der Waals surface area contributed by atoms with E-state index < -0.39 is 16.8 Å². The first-order valence-corrected chi connectivity index (χ1v) is 6.04. The number of carbonyl (C=O) groups excluding carboxylic acids is 2. The van der Waals surface area contributed by atoms with Crippen LogP contribution in [0.1, 0.15) is 31.8 Å². The van der Waals surface area contributed by atoms with E-state index in [1.54, 1.807) is 6.92 Å². The van der Waals surface area contributed by atoms with Gasteiger partial charge in [-0.15, -0.1) is 0 Å². The number of carbonyl (C=O) groups is 2. The Bertz CT molecular complexity index is 716. The van der Waals surface area contributed by atoms with E-state index in [9.17, 15) is 14.0 Å². The molecule has 2 N–H and O–H groups in total. The highest BCUT2D eigenvalue weighted by Gasteiger charge is 2.21. The van der Waals surface area contributed by atoms with Crippen LogP contribution in [-0.2, 0) is 0 Å². The first kappa shape index (κ1) is 14.1. The predicted molar refractivity (Wildman–Crippen MR) is 73.4 cm³/mol. The number of rotatable bonds is 3. The third-order valence-corrected chi connectivity index (χ3v) is 3.05. The van der Waals surface area contributed by atoms with Gasteiger partial charge in [-0.1, -0.05) is 6.07 Å². The van der Waals surface area contributed by atoms with Crippen molar-refractivity contribution in [1.82, 2.24) is 4.98 Å². The Morgan fingerprint density at radius 3 is 2.60 bits per heavy atom. The Balaban J connectivity index is 2.63. The highest BCUT2D eigenvalue weighted by Crippen LogP contribution is 2.22. The molecule has 2 aromatic rings. The van der Waals surface area contributed by atoms with Gasteiger partial charge in [-0.05, 0) is 42.3 Å². The first-order valence-electron chi connectivity index (χ1n) is 5.67. The second kappa shape index (κ2) is 5.38. The van der Waals surface area contributed by atoms with Crippen LogP contribution >= 0.6 is 11.6 Å². The number of benzene rings is 1. The summed E-state index contributed by atoms with van der Waals surface area (Å²) in [5.41, 5.74) is 6.14. The third-order valence-electron chi connectivity index (χ3n) is 2.87. The third kappa shape index (κ3) is 2.53. The van der Waals surface area contributed by atoms with E-state index in [4.69, 9.17) is 17.3 Å². The van der Waals surface area contributed by atoms with Crippen LogP contribution in [0.4, 0.5) is 10.2 Å². The minimum absolute atomic E-state index is 0.00574. The first-order chi connectivity index (χ1) is 9.41. The predicted octanol–water partition coefficient (Wildman–Crippen LogP) is 2.72. The standard InChI is InChI=1S/C14H10ClFN2O2/c1-7-2-3-8(16)6-10(7)12(19)9-4-5-18-14(17)11(9)13(15)20/h2-6H,1H3,(H2,17,18). The Labute approximate surface area is 119 Å².